The van der Waals surface area contributed by atoms with Crippen molar-refractivity contribution in [3.8, 4) is 0 Å². The summed E-state index contributed by atoms with van der Waals surface area (Å²) in [6, 6.07) is 0. The first kappa shape index (κ1) is 89.4. The quantitative estimate of drug-likeness (QED) is 0.00513. The molecule has 3 aliphatic rings. The third-order valence-corrected chi connectivity index (χ3v) is 19.5. The summed E-state index contributed by atoms with van der Waals surface area (Å²) >= 11 is 0. The van der Waals surface area contributed by atoms with Crippen molar-refractivity contribution in [3.05, 3.63) is 36.5 Å². The zero-order valence-corrected chi connectivity index (χ0v) is 60.5. The van der Waals surface area contributed by atoms with E-state index in [1.54, 1.807) is 6.08 Å². The molecular weight excluding hydrogens is 1290 g/mol. The molecule has 18 atom stereocenters. The molecule has 11 N–H and O–H groups in total. The molecule has 0 spiro atoms. The molecule has 24 nitrogen and oxygen atoms in total. The third kappa shape index (κ3) is 37.6. The molecular formula is C73H131O24P. The molecule has 2 aliphatic heterocycles. The van der Waals surface area contributed by atoms with Gasteiger partial charge < -0.3 is 89.1 Å². The minimum Gasteiger partial charge on any atom is -0.462 e. The van der Waals surface area contributed by atoms with Gasteiger partial charge in [0.25, 0.3) is 0 Å². The Morgan fingerprint density at radius 2 is 0.796 bits per heavy atom. The maximum atomic E-state index is 14.3. The molecule has 572 valence electrons. The van der Waals surface area contributed by atoms with Gasteiger partial charge in [0.15, 0.2) is 18.7 Å². The smallest absolute Gasteiger partial charge is 0.462 e. The average molecular weight is 1420 g/mol. The molecule has 0 bridgehead atoms. The van der Waals surface area contributed by atoms with Crippen LogP contribution in [0.4, 0.5) is 0 Å². The van der Waals surface area contributed by atoms with E-state index in [1.165, 1.54) is 147 Å². The van der Waals surface area contributed by atoms with Crippen molar-refractivity contribution in [1.82, 2.24) is 0 Å². The lowest BCUT2D eigenvalue weighted by molar-refractivity contribution is -0.360. The van der Waals surface area contributed by atoms with Gasteiger partial charge in [-0.25, -0.2) is 9.36 Å². The zero-order valence-electron chi connectivity index (χ0n) is 59.6. The van der Waals surface area contributed by atoms with E-state index in [9.17, 15) is 74.9 Å². The van der Waals surface area contributed by atoms with E-state index in [2.05, 4.69) is 32.9 Å². The zero-order chi connectivity index (χ0) is 71.8. The van der Waals surface area contributed by atoms with Crippen LogP contribution in [0, 0.1) is 0 Å². The second-order valence-corrected chi connectivity index (χ2v) is 28.5. The number of phosphoric ester groups is 1. The predicted molar refractivity (Wildman–Crippen MR) is 370 cm³/mol. The maximum Gasteiger partial charge on any atom is 0.472 e. The number of esters is 3. The van der Waals surface area contributed by atoms with Gasteiger partial charge in [0, 0.05) is 18.9 Å². The first-order valence-electron chi connectivity index (χ1n) is 37.8. The van der Waals surface area contributed by atoms with E-state index < -0.39 is 156 Å². The summed E-state index contributed by atoms with van der Waals surface area (Å²) < 4.78 is 64.8. The first-order chi connectivity index (χ1) is 47.3. The van der Waals surface area contributed by atoms with Gasteiger partial charge >= 0.3 is 25.7 Å². The standard InChI is InChI=1S/C73H131O24P/c1-4-7-10-13-16-19-22-25-27-30-33-36-39-42-45-48-58(76)90-53-56-61(79)63(81)68(86)73(94-56)96-70-66(84)64(82)65(83)69(95-72-67(85)62(80)60(78)55(50-74)93-72)71(70)97-98(87,88)91-52-54(51-89-57(75)47-44-41-38-35-32-29-24-21-18-15-12-9-6-3)92-59(77)49-46-43-40-37-34-31-28-26-23-20-17-14-11-8-5-2/h29,32,39,42,45,48,54-56,60-74,78-86H,4-28,30-31,33-38,40-41,43-44,46-47,49-53H2,1-3H3,(H,87,88)/b32-29-,42-39+,48-45+. The third-order valence-electron chi connectivity index (χ3n) is 18.5. The van der Waals surface area contributed by atoms with Crippen LogP contribution in [0.5, 0.6) is 0 Å². The fourth-order valence-corrected chi connectivity index (χ4v) is 13.3. The van der Waals surface area contributed by atoms with E-state index >= 15 is 0 Å². The van der Waals surface area contributed by atoms with Crippen LogP contribution in [0.15, 0.2) is 36.5 Å². The summed E-state index contributed by atoms with van der Waals surface area (Å²) in [7, 11) is -5.71. The van der Waals surface area contributed by atoms with Gasteiger partial charge in [-0.15, -0.1) is 0 Å². The Balaban J connectivity index is 1.75. The lowest BCUT2D eigenvalue weighted by Gasteiger charge is -2.49. The van der Waals surface area contributed by atoms with Crippen LogP contribution >= 0.6 is 7.82 Å². The summed E-state index contributed by atoms with van der Waals surface area (Å²) in [6.07, 6.45) is 17.0. The van der Waals surface area contributed by atoms with Gasteiger partial charge in [-0.1, -0.05) is 244 Å². The molecule has 0 aromatic carbocycles. The number of hydrogen-bond donors (Lipinski definition) is 11. The summed E-state index contributed by atoms with van der Waals surface area (Å²) in [5.74, 6) is -2.24. The number of aliphatic hydroxyl groups is 10. The summed E-state index contributed by atoms with van der Waals surface area (Å²) in [5.41, 5.74) is 0. The lowest BCUT2D eigenvalue weighted by Crippen LogP contribution is -2.69. The molecule has 0 radical (unpaired) electrons. The van der Waals surface area contributed by atoms with Gasteiger partial charge in [0.2, 0.25) is 0 Å². The molecule has 18 unspecified atom stereocenters. The average Bonchev–Trinajstić information content (AvgIpc) is 0.767. The number of aliphatic hydroxyl groups excluding tert-OH is 10. The van der Waals surface area contributed by atoms with Crippen LogP contribution < -0.4 is 0 Å². The second-order valence-electron chi connectivity index (χ2n) is 27.1. The van der Waals surface area contributed by atoms with Gasteiger partial charge in [-0.2, -0.15) is 0 Å². The van der Waals surface area contributed by atoms with E-state index in [4.69, 9.17) is 42.2 Å². The van der Waals surface area contributed by atoms with Crippen molar-refractivity contribution >= 4 is 25.7 Å². The minimum atomic E-state index is -5.71. The molecule has 0 aromatic rings. The Morgan fingerprint density at radius 1 is 0.418 bits per heavy atom. The fraction of sp³-hybridized carbons (Fsp3) is 0.877. The van der Waals surface area contributed by atoms with Gasteiger partial charge in [0.1, 0.15) is 98.7 Å². The normalized spacial score (nSPS) is 27.8. The highest BCUT2D eigenvalue weighted by Gasteiger charge is 2.58. The first-order valence-corrected chi connectivity index (χ1v) is 39.3. The van der Waals surface area contributed by atoms with Gasteiger partial charge in [-0.3, -0.25) is 18.6 Å². The van der Waals surface area contributed by atoms with Crippen molar-refractivity contribution < 1.29 is 117 Å². The van der Waals surface area contributed by atoms with Crippen molar-refractivity contribution in [2.24, 2.45) is 0 Å². The topological polar surface area (TPSA) is 374 Å². The Bertz CT molecular complexity index is 2170. The number of carbonyl (C=O) groups is 3. The van der Waals surface area contributed by atoms with Gasteiger partial charge in [0.05, 0.1) is 13.2 Å². The van der Waals surface area contributed by atoms with Crippen LogP contribution in [-0.2, 0) is 61.2 Å². The molecule has 1 aliphatic carbocycles. The second kappa shape index (κ2) is 54.8. The SMILES string of the molecule is CCCCCCCC/C=C\CCCCCC(=O)OCC(COP(=O)(O)OC1C(OC2OC(CO)C(O)C(O)C2O)C(O)C(O)C(O)C1OC1OC(COC(=O)/C=C/C=C/CCCCCCCCCCCCC)C(O)C(O)C1O)OC(=O)CCCCCCCCCCCCCCCCC. The van der Waals surface area contributed by atoms with Crippen LogP contribution in [0.25, 0.3) is 0 Å². The summed E-state index contributed by atoms with van der Waals surface area (Å²) in [6.45, 7) is 3.34. The van der Waals surface area contributed by atoms with Crippen molar-refractivity contribution in [2.75, 3.05) is 26.4 Å². The Kier molecular flexibility index (Phi) is 50.0. The molecule has 2 heterocycles. The molecule has 0 aromatic heterocycles. The number of rotatable bonds is 58. The lowest BCUT2D eigenvalue weighted by atomic mass is 9.84. The highest BCUT2D eigenvalue weighted by molar-refractivity contribution is 7.47. The molecule has 3 rings (SSSR count). The van der Waals surface area contributed by atoms with Crippen LogP contribution in [0.3, 0.4) is 0 Å². The predicted octanol–water partition coefficient (Wildman–Crippen LogP) is 10.3. The Morgan fingerprint density at radius 3 is 1.24 bits per heavy atom. The maximum absolute atomic E-state index is 14.3. The molecule has 2 saturated heterocycles. The molecule has 0 amide bonds. The number of allylic oxidation sites excluding steroid dienone is 5. The minimum absolute atomic E-state index is 0.0230. The number of unbranched alkanes of at least 4 members (excludes halogenated alkanes) is 34. The van der Waals surface area contributed by atoms with Crippen molar-refractivity contribution in [2.45, 2.75) is 382 Å². The molecule has 25 heteroatoms. The van der Waals surface area contributed by atoms with E-state index in [0.29, 0.717) is 12.8 Å². The fourth-order valence-electron chi connectivity index (χ4n) is 12.3. The molecule has 1 saturated carbocycles. The molecule has 98 heavy (non-hydrogen) atoms. The van der Waals surface area contributed by atoms with Gasteiger partial charge in [-0.05, 0) is 51.4 Å². The van der Waals surface area contributed by atoms with Crippen LogP contribution in [0.1, 0.15) is 278 Å². The van der Waals surface area contributed by atoms with E-state index in [1.807, 2.05) is 6.08 Å². The van der Waals surface area contributed by atoms with Crippen LogP contribution in [0.2, 0.25) is 0 Å². The van der Waals surface area contributed by atoms with Crippen molar-refractivity contribution in [1.29, 1.82) is 0 Å². The number of phosphoric acid groups is 1. The molecule has 3 fully saturated rings. The summed E-state index contributed by atoms with van der Waals surface area (Å²) in [5, 5.41) is 110. The Hall–Kier alpha value is -2.82. The van der Waals surface area contributed by atoms with Crippen molar-refractivity contribution in [3.63, 3.8) is 0 Å². The van der Waals surface area contributed by atoms with E-state index in [-0.39, 0.29) is 12.8 Å². The van der Waals surface area contributed by atoms with Crippen LogP contribution in [-0.4, -0.2) is 204 Å². The highest BCUT2D eigenvalue weighted by atomic mass is 31.2. The number of ether oxygens (including phenoxy) is 7. The highest BCUT2D eigenvalue weighted by Crippen LogP contribution is 2.49. The number of hydrogen-bond acceptors (Lipinski definition) is 23. The summed E-state index contributed by atoms with van der Waals surface area (Å²) in [4.78, 5) is 50.9. The monoisotopic (exact) mass is 1420 g/mol. The largest absolute Gasteiger partial charge is 0.472 e. The van der Waals surface area contributed by atoms with E-state index in [0.717, 1.165) is 96.0 Å². The number of carbonyl (C=O) groups excluding carboxylic acids is 3. The Labute approximate surface area is 585 Å².